The van der Waals surface area contributed by atoms with Crippen LogP contribution in [0.1, 0.15) is 34.9 Å². The number of nitrogens with one attached hydrogen (secondary N) is 1. The van der Waals surface area contributed by atoms with Gasteiger partial charge in [-0.1, -0.05) is 12.1 Å². The average molecular weight is 322 g/mol. The molecule has 3 aromatic rings. The van der Waals surface area contributed by atoms with Crippen molar-refractivity contribution in [2.24, 2.45) is 0 Å². The van der Waals surface area contributed by atoms with E-state index in [0.29, 0.717) is 11.5 Å². The SMILES string of the molecule is O=C(c1ccccc1-n1cncn1)N1CCC(c2ncc[nH]2)CC1. The number of amides is 1. The Labute approximate surface area is 139 Å². The lowest BCUT2D eigenvalue weighted by Gasteiger charge is -2.31. The van der Waals surface area contributed by atoms with E-state index in [2.05, 4.69) is 20.1 Å². The summed E-state index contributed by atoms with van der Waals surface area (Å²) in [5.74, 6) is 1.46. The molecule has 0 aliphatic carbocycles. The fourth-order valence-electron chi connectivity index (χ4n) is 3.21. The molecule has 1 fully saturated rings. The molecule has 1 aliphatic heterocycles. The summed E-state index contributed by atoms with van der Waals surface area (Å²) >= 11 is 0. The topological polar surface area (TPSA) is 79.7 Å². The van der Waals surface area contributed by atoms with Gasteiger partial charge in [-0.3, -0.25) is 4.79 Å². The van der Waals surface area contributed by atoms with Gasteiger partial charge in [-0.05, 0) is 25.0 Å². The maximum atomic E-state index is 12.9. The Morgan fingerprint density at radius 2 is 2.04 bits per heavy atom. The Balaban J connectivity index is 1.51. The van der Waals surface area contributed by atoms with Gasteiger partial charge in [-0.15, -0.1) is 0 Å². The molecule has 0 saturated carbocycles. The Morgan fingerprint density at radius 1 is 1.21 bits per heavy atom. The van der Waals surface area contributed by atoms with Crippen molar-refractivity contribution in [1.29, 1.82) is 0 Å². The molecule has 7 nitrogen and oxygen atoms in total. The standard InChI is InChI=1S/C17H18N6O/c24-17(14-3-1-2-4-15(14)23-12-18-11-21-23)22-9-5-13(6-10-22)16-19-7-8-20-16/h1-4,7-8,11-13H,5-6,9-10H2,(H,19,20). The summed E-state index contributed by atoms with van der Waals surface area (Å²) in [7, 11) is 0. The molecule has 4 rings (SSSR count). The summed E-state index contributed by atoms with van der Waals surface area (Å²) < 4.78 is 1.63. The summed E-state index contributed by atoms with van der Waals surface area (Å²) in [6.07, 6.45) is 8.54. The fraction of sp³-hybridized carbons (Fsp3) is 0.294. The molecule has 1 aliphatic rings. The molecule has 3 heterocycles. The van der Waals surface area contributed by atoms with Gasteiger partial charge in [0.05, 0.1) is 11.3 Å². The first-order chi connectivity index (χ1) is 11.8. The largest absolute Gasteiger partial charge is 0.348 e. The normalized spacial score (nSPS) is 15.6. The van der Waals surface area contributed by atoms with Crippen molar-refractivity contribution in [3.05, 3.63) is 60.7 Å². The molecule has 24 heavy (non-hydrogen) atoms. The number of aromatic amines is 1. The number of para-hydroxylation sites is 1. The summed E-state index contributed by atoms with van der Waals surface area (Å²) in [6.45, 7) is 1.46. The first-order valence-corrected chi connectivity index (χ1v) is 8.05. The molecule has 1 aromatic carbocycles. The smallest absolute Gasteiger partial charge is 0.256 e. The summed E-state index contributed by atoms with van der Waals surface area (Å²) in [6, 6.07) is 7.51. The zero-order chi connectivity index (χ0) is 16.4. The van der Waals surface area contributed by atoms with Crippen molar-refractivity contribution in [3.63, 3.8) is 0 Å². The number of nitrogens with zero attached hydrogens (tertiary/aromatic N) is 5. The first-order valence-electron chi connectivity index (χ1n) is 8.05. The highest BCUT2D eigenvalue weighted by atomic mass is 16.2. The van der Waals surface area contributed by atoms with Gasteiger partial charge < -0.3 is 9.88 Å². The van der Waals surface area contributed by atoms with Gasteiger partial charge in [0.15, 0.2) is 0 Å². The van der Waals surface area contributed by atoms with Gasteiger partial charge in [0, 0.05) is 31.4 Å². The molecule has 2 aromatic heterocycles. The van der Waals surface area contributed by atoms with Gasteiger partial charge in [0.1, 0.15) is 18.5 Å². The van der Waals surface area contributed by atoms with Gasteiger partial charge in [0.25, 0.3) is 5.91 Å². The van der Waals surface area contributed by atoms with Crippen LogP contribution in [0.5, 0.6) is 0 Å². The monoisotopic (exact) mass is 322 g/mol. The molecule has 7 heteroatoms. The molecule has 1 N–H and O–H groups in total. The lowest BCUT2D eigenvalue weighted by molar-refractivity contribution is 0.0711. The maximum absolute atomic E-state index is 12.9. The number of carbonyl (C=O) groups is 1. The number of likely N-dealkylation sites (tertiary alicyclic amines) is 1. The highest BCUT2D eigenvalue weighted by Gasteiger charge is 2.27. The minimum atomic E-state index is 0.0407. The molecular formula is C17H18N6O. The summed E-state index contributed by atoms with van der Waals surface area (Å²) in [5.41, 5.74) is 1.41. The number of hydrogen-bond donors (Lipinski definition) is 1. The maximum Gasteiger partial charge on any atom is 0.256 e. The third-order valence-electron chi connectivity index (χ3n) is 4.49. The van der Waals surface area contributed by atoms with E-state index in [0.717, 1.165) is 37.4 Å². The lowest BCUT2D eigenvalue weighted by atomic mass is 9.95. The zero-order valence-electron chi connectivity index (χ0n) is 13.2. The second kappa shape index (κ2) is 6.27. The second-order valence-corrected chi connectivity index (χ2v) is 5.90. The van der Waals surface area contributed by atoms with Crippen LogP contribution in [0, 0.1) is 0 Å². The second-order valence-electron chi connectivity index (χ2n) is 5.90. The van der Waals surface area contributed by atoms with Crippen LogP contribution in [0.25, 0.3) is 5.69 Å². The number of carbonyl (C=O) groups excluding carboxylic acids is 1. The van der Waals surface area contributed by atoms with Crippen molar-refractivity contribution >= 4 is 5.91 Å². The number of benzene rings is 1. The van der Waals surface area contributed by atoms with Crippen LogP contribution in [0.4, 0.5) is 0 Å². The predicted molar refractivity (Wildman–Crippen MR) is 87.8 cm³/mol. The lowest BCUT2D eigenvalue weighted by Crippen LogP contribution is -2.38. The summed E-state index contributed by atoms with van der Waals surface area (Å²) in [5, 5.41) is 4.14. The Kier molecular flexibility index (Phi) is 3.82. The van der Waals surface area contributed by atoms with E-state index in [1.807, 2.05) is 35.4 Å². The van der Waals surface area contributed by atoms with E-state index in [9.17, 15) is 4.79 Å². The van der Waals surface area contributed by atoms with Crippen LogP contribution in [-0.4, -0.2) is 48.6 Å². The van der Waals surface area contributed by atoms with E-state index < -0.39 is 0 Å². The van der Waals surface area contributed by atoms with Crippen LogP contribution in [0.3, 0.4) is 0 Å². The zero-order valence-corrected chi connectivity index (χ0v) is 13.2. The van der Waals surface area contributed by atoms with Crippen molar-refractivity contribution < 1.29 is 4.79 Å². The van der Waals surface area contributed by atoms with Gasteiger partial charge in [-0.2, -0.15) is 5.10 Å². The van der Waals surface area contributed by atoms with E-state index in [1.165, 1.54) is 6.33 Å². The fourth-order valence-corrected chi connectivity index (χ4v) is 3.21. The Hall–Kier alpha value is -2.96. The van der Waals surface area contributed by atoms with Crippen LogP contribution >= 0.6 is 0 Å². The van der Waals surface area contributed by atoms with Crippen LogP contribution in [0.2, 0.25) is 0 Å². The van der Waals surface area contributed by atoms with E-state index in [1.54, 1.807) is 17.2 Å². The van der Waals surface area contributed by atoms with Crippen LogP contribution in [-0.2, 0) is 0 Å². The number of H-pyrrole nitrogens is 1. The number of aromatic nitrogens is 5. The average Bonchev–Trinajstić information content (AvgIpc) is 3.35. The van der Waals surface area contributed by atoms with Crippen molar-refractivity contribution in [3.8, 4) is 5.69 Å². The van der Waals surface area contributed by atoms with Crippen LogP contribution in [0.15, 0.2) is 49.3 Å². The van der Waals surface area contributed by atoms with E-state index in [4.69, 9.17) is 0 Å². The highest BCUT2D eigenvalue weighted by molar-refractivity contribution is 5.97. The number of imidazole rings is 1. The quantitative estimate of drug-likeness (QED) is 0.800. The van der Waals surface area contributed by atoms with Crippen molar-refractivity contribution in [2.45, 2.75) is 18.8 Å². The van der Waals surface area contributed by atoms with Crippen molar-refractivity contribution in [2.75, 3.05) is 13.1 Å². The Bertz CT molecular complexity index is 803. The van der Waals surface area contributed by atoms with Gasteiger partial charge >= 0.3 is 0 Å². The minimum absolute atomic E-state index is 0.0407. The Morgan fingerprint density at radius 3 is 2.75 bits per heavy atom. The molecule has 0 bridgehead atoms. The number of piperidine rings is 1. The first kappa shape index (κ1) is 14.6. The predicted octanol–water partition coefficient (Wildman–Crippen LogP) is 2.01. The molecule has 0 atom stereocenters. The summed E-state index contributed by atoms with van der Waals surface area (Å²) in [4.78, 5) is 26.3. The van der Waals surface area contributed by atoms with Crippen LogP contribution < -0.4 is 0 Å². The molecule has 0 unspecified atom stereocenters. The molecule has 1 saturated heterocycles. The van der Waals surface area contributed by atoms with E-state index in [-0.39, 0.29) is 5.91 Å². The molecule has 0 spiro atoms. The van der Waals surface area contributed by atoms with Crippen molar-refractivity contribution in [1.82, 2.24) is 29.6 Å². The highest BCUT2D eigenvalue weighted by Crippen LogP contribution is 2.27. The number of hydrogen-bond acceptors (Lipinski definition) is 4. The molecular weight excluding hydrogens is 304 g/mol. The van der Waals surface area contributed by atoms with Gasteiger partial charge in [-0.25, -0.2) is 14.6 Å². The third kappa shape index (κ3) is 2.68. The molecule has 122 valence electrons. The van der Waals surface area contributed by atoms with E-state index >= 15 is 0 Å². The molecule has 1 amide bonds. The number of rotatable bonds is 3. The third-order valence-corrected chi connectivity index (χ3v) is 4.49. The van der Waals surface area contributed by atoms with Gasteiger partial charge in [0.2, 0.25) is 0 Å². The molecule has 0 radical (unpaired) electrons. The minimum Gasteiger partial charge on any atom is -0.348 e.